The van der Waals surface area contributed by atoms with E-state index in [0.29, 0.717) is 12.0 Å². The highest BCUT2D eigenvalue weighted by Gasteiger charge is 2.22. The van der Waals surface area contributed by atoms with Crippen LogP contribution in [0.4, 0.5) is 0 Å². The van der Waals surface area contributed by atoms with E-state index in [0.717, 1.165) is 18.7 Å². The van der Waals surface area contributed by atoms with Crippen LogP contribution in [0.5, 0.6) is 5.75 Å². The van der Waals surface area contributed by atoms with Gasteiger partial charge in [0.15, 0.2) is 0 Å². The lowest BCUT2D eigenvalue weighted by Crippen LogP contribution is -2.16. The molecule has 1 heterocycles. The molecule has 2 rings (SSSR count). The van der Waals surface area contributed by atoms with Crippen LogP contribution < -0.4 is 10.1 Å². The quantitative estimate of drug-likeness (QED) is 0.844. The van der Waals surface area contributed by atoms with Gasteiger partial charge in [0.05, 0.1) is 7.11 Å². The van der Waals surface area contributed by atoms with E-state index >= 15 is 0 Å². The van der Waals surface area contributed by atoms with E-state index < -0.39 is 0 Å². The van der Waals surface area contributed by atoms with Gasteiger partial charge in [-0.05, 0) is 42.9 Å². The Bertz CT molecular complexity index is 362. The minimum Gasteiger partial charge on any atom is -0.496 e. The van der Waals surface area contributed by atoms with Gasteiger partial charge in [0, 0.05) is 12.6 Å². The first-order chi connectivity index (χ1) is 7.74. The van der Waals surface area contributed by atoms with Crippen molar-refractivity contribution in [2.75, 3.05) is 13.7 Å². The largest absolute Gasteiger partial charge is 0.496 e. The van der Waals surface area contributed by atoms with Crippen LogP contribution >= 0.6 is 0 Å². The molecule has 16 heavy (non-hydrogen) atoms. The topological polar surface area (TPSA) is 21.3 Å². The van der Waals surface area contributed by atoms with Crippen molar-refractivity contribution in [3.63, 3.8) is 0 Å². The lowest BCUT2D eigenvalue weighted by molar-refractivity contribution is 0.410. The summed E-state index contributed by atoms with van der Waals surface area (Å²) in [6, 6.07) is 7.28. The molecular weight excluding hydrogens is 198 g/mol. The molecule has 1 aliphatic heterocycles. The Balaban J connectivity index is 2.22. The molecule has 1 aromatic rings. The smallest absolute Gasteiger partial charge is 0.122 e. The number of nitrogens with one attached hydrogen (secondary N) is 1. The molecule has 1 N–H and O–H groups in total. The van der Waals surface area contributed by atoms with E-state index in [-0.39, 0.29) is 0 Å². The average molecular weight is 219 g/mol. The Kier molecular flexibility index (Phi) is 3.49. The Morgan fingerprint density at radius 3 is 2.81 bits per heavy atom. The zero-order chi connectivity index (χ0) is 11.5. The zero-order valence-electron chi connectivity index (χ0n) is 10.4. The molecule has 2 atom stereocenters. The van der Waals surface area contributed by atoms with Crippen LogP contribution in [0.1, 0.15) is 37.3 Å². The third-order valence-electron chi connectivity index (χ3n) is 3.51. The van der Waals surface area contributed by atoms with Gasteiger partial charge < -0.3 is 10.1 Å². The summed E-state index contributed by atoms with van der Waals surface area (Å²) >= 11 is 0. The summed E-state index contributed by atoms with van der Waals surface area (Å²) in [5, 5.41) is 3.50. The second-order valence-electron chi connectivity index (χ2n) is 4.67. The Morgan fingerprint density at radius 1 is 1.44 bits per heavy atom. The molecule has 1 saturated heterocycles. The number of ether oxygens (including phenoxy) is 1. The standard InChI is InChI=1S/C14H21NO/c1-4-11-8-12(5-6-14(11)16-3)13-7-10(2)15-9-13/h5-6,8,10,13,15H,4,7,9H2,1-3H3. The Hall–Kier alpha value is -1.02. The molecule has 0 bridgehead atoms. The molecule has 2 nitrogen and oxygen atoms in total. The van der Waals surface area contributed by atoms with Gasteiger partial charge in [-0.15, -0.1) is 0 Å². The van der Waals surface area contributed by atoms with E-state index in [9.17, 15) is 0 Å². The van der Waals surface area contributed by atoms with Gasteiger partial charge in [-0.25, -0.2) is 0 Å². The molecule has 0 saturated carbocycles. The molecule has 2 unspecified atom stereocenters. The fourth-order valence-corrected chi connectivity index (χ4v) is 2.52. The first-order valence-corrected chi connectivity index (χ1v) is 6.14. The van der Waals surface area contributed by atoms with Crippen molar-refractivity contribution >= 4 is 0 Å². The molecular formula is C14H21NO. The summed E-state index contributed by atoms with van der Waals surface area (Å²) < 4.78 is 5.36. The fraction of sp³-hybridized carbons (Fsp3) is 0.571. The van der Waals surface area contributed by atoms with Crippen molar-refractivity contribution < 1.29 is 4.74 Å². The van der Waals surface area contributed by atoms with Gasteiger partial charge in [0.1, 0.15) is 5.75 Å². The van der Waals surface area contributed by atoms with Gasteiger partial charge in [-0.3, -0.25) is 0 Å². The minimum atomic E-state index is 0.650. The molecule has 0 radical (unpaired) electrons. The van der Waals surface area contributed by atoms with Crippen LogP contribution in [0.3, 0.4) is 0 Å². The number of methoxy groups -OCH3 is 1. The molecule has 0 spiro atoms. The molecule has 0 amide bonds. The SMILES string of the molecule is CCc1cc(C2CNC(C)C2)ccc1OC. The van der Waals surface area contributed by atoms with Crippen LogP contribution in [0, 0.1) is 0 Å². The lowest BCUT2D eigenvalue weighted by atomic mass is 9.94. The highest BCUT2D eigenvalue weighted by molar-refractivity contribution is 5.39. The molecule has 2 heteroatoms. The number of aryl methyl sites for hydroxylation is 1. The highest BCUT2D eigenvalue weighted by atomic mass is 16.5. The molecule has 1 fully saturated rings. The summed E-state index contributed by atoms with van der Waals surface area (Å²) in [5.41, 5.74) is 2.77. The maximum absolute atomic E-state index is 5.36. The van der Waals surface area contributed by atoms with Gasteiger partial charge in [0.2, 0.25) is 0 Å². The third-order valence-corrected chi connectivity index (χ3v) is 3.51. The second-order valence-corrected chi connectivity index (χ2v) is 4.67. The fourth-order valence-electron chi connectivity index (χ4n) is 2.52. The molecule has 0 aliphatic carbocycles. The predicted octanol–water partition coefficient (Wildman–Crippen LogP) is 2.72. The van der Waals surface area contributed by atoms with Crippen molar-refractivity contribution in [1.29, 1.82) is 0 Å². The van der Waals surface area contributed by atoms with Crippen molar-refractivity contribution in [1.82, 2.24) is 5.32 Å². The molecule has 0 aromatic heterocycles. The van der Waals surface area contributed by atoms with Gasteiger partial charge in [-0.2, -0.15) is 0 Å². The van der Waals surface area contributed by atoms with Crippen molar-refractivity contribution in [3.8, 4) is 5.75 Å². The van der Waals surface area contributed by atoms with E-state index in [2.05, 4.69) is 37.4 Å². The normalized spacial score (nSPS) is 24.7. The first-order valence-electron chi connectivity index (χ1n) is 6.14. The van der Waals surface area contributed by atoms with Crippen LogP contribution in [-0.4, -0.2) is 19.7 Å². The summed E-state index contributed by atoms with van der Waals surface area (Å²) in [4.78, 5) is 0. The van der Waals surface area contributed by atoms with E-state index in [4.69, 9.17) is 4.74 Å². The van der Waals surface area contributed by atoms with Crippen molar-refractivity contribution in [2.24, 2.45) is 0 Å². The molecule has 1 aliphatic rings. The van der Waals surface area contributed by atoms with Crippen LogP contribution in [-0.2, 0) is 6.42 Å². The van der Waals surface area contributed by atoms with E-state index in [1.807, 2.05) is 0 Å². The van der Waals surface area contributed by atoms with Gasteiger partial charge in [0.25, 0.3) is 0 Å². The van der Waals surface area contributed by atoms with E-state index in [1.165, 1.54) is 17.5 Å². The summed E-state index contributed by atoms with van der Waals surface area (Å²) in [6.45, 7) is 5.54. The predicted molar refractivity (Wildman–Crippen MR) is 67.2 cm³/mol. The molecule has 1 aromatic carbocycles. The summed E-state index contributed by atoms with van der Waals surface area (Å²) in [7, 11) is 1.74. The first kappa shape index (κ1) is 11.5. The molecule has 88 valence electrons. The minimum absolute atomic E-state index is 0.650. The third kappa shape index (κ3) is 2.22. The van der Waals surface area contributed by atoms with Crippen molar-refractivity contribution in [2.45, 2.75) is 38.6 Å². The number of benzene rings is 1. The highest BCUT2D eigenvalue weighted by Crippen LogP contribution is 2.29. The number of hydrogen-bond donors (Lipinski definition) is 1. The Morgan fingerprint density at radius 2 is 2.25 bits per heavy atom. The maximum Gasteiger partial charge on any atom is 0.122 e. The zero-order valence-corrected chi connectivity index (χ0v) is 10.4. The second kappa shape index (κ2) is 4.88. The average Bonchev–Trinajstić information content (AvgIpc) is 2.75. The summed E-state index contributed by atoms with van der Waals surface area (Å²) in [6.07, 6.45) is 2.28. The number of rotatable bonds is 3. The van der Waals surface area contributed by atoms with Crippen molar-refractivity contribution in [3.05, 3.63) is 29.3 Å². The van der Waals surface area contributed by atoms with Gasteiger partial charge in [-0.1, -0.05) is 19.1 Å². The van der Waals surface area contributed by atoms with Crippen LogP contribution in [0.25, 0.3) is 0 Å². The monoisotopic (exact) mass is 219 g/mol. The lowest BCUT2D eigenvalue weighted by Gasteiger charge is -2.13. The maximum atomic E-state index is 5.36. The van der Waals surface area contributed by atoms with E-state index in [1.54, 1.807) is 7.11 Å². The number of hydrogen-bond acceptors (Lipinski definition) is 2. The van der Waals surface area contributed by atoms with Crippen LogP contribution in [0.2, 0.25) is 0 Å². The van der Waals surface area contributed by atoms with Crippen LogP contribution in [0.15, 0.2) is 18.2 Å². The Labute approximate surface area is 98.0 Å². The van der Waals surface area contributed by atoms with Gasteiger partial charge >= 0.3 is 0 Å². The summed E-state index contributed by atoms with van der Waals surface area (Å²) in [5.74, 6) is 1.69.